The van der Waals surface area contributed by atoms with Gasteiger partial charge in [-0.1, -0.05) is 18.2 Å². The summed E-state index contributed by atoms with van der Waals surface area (Å²) in [7, 11) is 0. The van der Waals surface area contributed by atoms with Crippen LogP contribution in [0.4, 0.5) is 54.1 Å². The molecule has 0 unspecified atom stereocenters. The van der Waals surface area contributed by atoms with Crippen molar-refractivity contribution in [3.8, 4) is 10.6 Å². The molecule has 11 nitrogen and oxygen atoms in total. The maximum absolute atomic E-state index is 15.6. The number of carbonyl (C=O) groups is 4. The third kappa shape index (κ3) is 10.8. The maximum atomic E-state index is 15.6. The first-order valence-electron chi connectivity index (χ1n) is 13.0. The molecule has 2 aliphatic rings. The number of likely N-dealkylation sites (tertiary alicyclic amines) is 1. The maximum Gasteiger partial charge on any atom is 0.490 e. The Morgan fingerprint density at radius 3 is 1.72 bits per heavy atom. The van der Waals surface area contributed by atoms with E-state index in [0.717, 1.165) is 21.2 Å². The molecular weight excluding hydrogens is 733 g/mol. The molecule has 2 aliphatic heterocycles. The molecule has 2 fully saturated rings. The van der Waals surface area contributed by atoms with Crippen molar-refractivity contribution in [2.75, 3.05) is 24.5 Å². The summed E-state index contributed by atoms with van der Waals surface area (Å²) < 4.78 is 126. The van der Waals surface area contributed by atoms with Crippen molar-refractivity contribution in [3.63, 3.8) is 0 Å². The topological polar surface area (TPSA) is 161 Å². The molecule has 0 aromatic carbocycles. The molecule has 1 amide bonds. The molecule has 50 heavy (non-hydrogen) atoms. The molecule has 3 aromatic heterocycles. The molecule has 274 valence electrons. The standard InChI is InChI=1S/C21H18F2N4OS.3C2HF3O2/c22-20-12-26(11-15-5-3-6-16(25-15)17-7-4-10-29-17)14-21(20,23)19(28)27(13-20)18-8-1-2-9-24-18;3*3-2(4,5)1(6)7/h1-10H,11-14H2;3*(H,6,7)/t20-,21+;;;/m0.../s1. The number of halogens is 11. The number of aliphatic carboxylic acids is 3. The highest BCUT2D eigenvalue weighted by Gasteiger charge is 2.71. The summed E-state index contributed by atoms with van der Waals surface area (Å²) in [5.74, 6) is -8.85. The summed E-state index contributed by atoms with van der Waals surface area (Å²) >= 11 is 1.59. The zero-order valence-electron chi connectivity index (χ0n) is 24.4. The van der Waals surface area contributed by atoms with E-state index >= 15 is 8.78 Å². The number of anilines is 1. The lowest BCUT2D eigenvalue weighted by Gasteiger charge is -2.21. The Bertz CT molecular complexity index is 1580. The summed E-state index contributed by atoms with van der Waals surface area (Å²) in [4.78, 5) is 51.9. The fourth-order valence-electron chi connectivity index (χ4n) is 4.12. The molecule has 5 heterocycles. The van der Waals surface area contributed by atoms with Gasteiger partial charge in [0.25, 0.3) is 5.91 Å². The van der Waals surface area contributed by atoms with Crippen LogP contribution in [-0.2, 0) is 25.7 Å². The van der Waals surface area contributed by atoms with E-state index < -0.39 is 53.7 Å². The Labute approximate surface area is 276 Å². The van der Waals surface area contributed by atoms with Crippen LogP contribution in [0, 0.1) is 0 Å². The zero-order valence-corrected chi connectivity index (χ0v) is 25.2. The fraction of sp³-hybridized carbons (Fsp3) is 0.333. The highest BCUT2D eigenvalue weighted by molar-refractivity contribution is 7.13. The van der Waals surface area contributed by atoms with Crippen LogP contribution >= 0.6 is 11.3 Å². The first-order chi connectivity index (χ1) is 22.8. The number of pyridine rings is 2. The molecule has 23 heteroatoms. The van der Waals surface area contributed by atoms with E-state index in [1.807, 2.05) is 35.7 Å². The van der Waals surface area contributed by atoms with Gasteiger partial charge in [-0.05, 0) is 35.7 Å². The summed E-state index contributed by atoms with van der Waals surface area (Å²) in [6.45, 7) is -0.508. The minimum Gasteiger partial charge on any atom is -0.475 e. The van der Waals surface area contributed by atoms with Crippen LogP contribution in [0.15, 0.2) is 60.1 Å². The summed E-state index contributed by atoms with van der Waals surface area (Å²) in [5, 5.41) is 23.4. The molecule has 2 saturated heterocycles. The molecule has 0 bridgehead atoms. The Kier molecular flexibility index (Phi) is 13.0. The minimum absolute atomic E-state index is 0.163. The van der Waals surface area contributed by atoms with Gasteiger partial charge in [-0.3, -0.25) is 19.6 Å². The lowest BCUT2D eigenvalue weighted by molar-refractivity contribution is -0.193. The number of hydrogen-bond acceptors (Lipinski definition) is 8. The molecule has 0 spiro atoms. The Hall–Kier alpha value is -4.93. The second kappa shape index (κ2) is 15.7. The van der Waals surface area contributed by atoms with Crippen LogP contribution < -0.4 is 4.90 Å². The van der Waals surface area contributed by atoms with Gasteiger partial charge in [0.2, 0.25) is 5.67 Å². The predicted octanol–water partition coefficient (Wildman–Crippen LogP) is 5.38. The molecule has 0 saturated carbocycles. The average molecular weight is 755 g/mol. The van der Waals surface area contributed by atoms with Crippen LogP contribution in [0.3, 0.4) is 0 Å². The monoisotopic (exact) mass is 754 g/mol. The molecule has 5 rings (SSSR count). The number of carboxylic acids is 3. The predicted molar refractivity (Wildman–Crippen MR) is 148 cm³/mol. The number of carboxylic acid groups (broad SMARTS) is 3. The van der Waals surface area contributed by atoms with E-state index in [-0.39, 0.29) is 32.0 Å². The second-order valence-electron chi connectivity index (χ2n) is 9.89. The highest BCUT2D eigenvalue weighted by Crippen LogP contribution is 2.46. The van der Waals surface area contributed by atoms with Crippen LogP contribution in [0.1, 0.15) is 5.69 Å². The number of fused-ring (bicyclic) bond motifs is 1. The fourth-order valence-corrected chi connectivity index (χ4v) is 4.82. The van der Waals surface area contributed by atoms with Gasteiger partial charge in [0, 0.05) is 25.8 Å². The molecule has 3 aromatic rings. The van der Waals surface area contributed by atoms with Crippen molar-refractivity contribution < 1.29 is 82.8 Å². The number of nitrogens with zero attached hydrogens (tertiary/aromatic N) is 4. The molecular formula is C27H21F11N4O7S. The van der Waals surface area contributed by atoms with Crippen molar-refractivity contribution >= 4 is 41.0 Å². The van der Waals surface area contributed by atoms with Crippen LogP contribution in [-0.4, -0.2) is 104 Å². The Balaban J connectivity index is 0.000000338. The summed E-state index contributed by atoms with van der Waals surface area (Å²) in [5.41, 5.74) is -3.29. The van der Waals surface area contributed by atoms with Gasteiger partial charge >= 0.3 is 36.4 Å². The first kappa shape index (κ1) is 41.2. The van der Waals surface area contributed by atoms with Gasteiger partial charge < -0.3 is 15.3 Å². The number of hydrogen-bond donors (Lipinski definition) is 3. The van der Waals surface area contributed by atoms with Crippen molar-refractivity contribution in [1.82, 2.24) is 14.9 Å². The summed E-state index contributed by atoms with van der Waals surface area (Å²) in [6, 6.07) is 14.5. The third-order valence-electron chi connectivity index (χ3n) is 6.24. The van der Waals surface area contributed by atoms with Gasteiger partial charge in [0.15, 0.2) is 5.67 Å². The average Bonchev–Trinajstić information content (AvgIpc) is 3.67. The van der Waals surface area contributed by atoms with E-state index in [1.165, 1.54) is 6.20 Å². The van der Waals surface area contributed by atoms with E-state index in [4.69, 9.17) is 29.7 Å². The summed E-state index contributed by atoms with van der Waals surface area (Å²) in [6.07, 6.45) is -13.7. The smallest absolute Gasteiger partial charge is 0.475 e. The van der Waals surface area contributed by atoms with Crippen LogP contribution in [0.5, 0.6) is 0 Å². The van der Waals surface area contributed by atoms with E-state index in [2.05, 4.69) is 9.97 Å². The Morgan fingerprint density at radius 2 is 1.30 bits per heavy atom. The SMILES string of the molecule is O=C(O)C(F)(F)F.O=C(O)C(F)(F)F.O=C(O)C(F)(F)F.O=C1N(c2ccccn2)C[C@@]2(F)CN(Cc3cccc(-c4cccs4)n3)C[C@@]12F. The zero-order chi connectivity index (χ0) is 38.3. The van der Waals surface area contributed by atoms with E-state index in [1.54, 1.807) is 34.4 Å². The van der Waals surface area contributed by atoms with E-state index in [9.17, 15) is 44.3 Å². The van der Waals surface area contributed by atoms with Gasteiger partial charge in [-0.25, -0.2) is 28.1 Å². The first-order valence-corrected chi connectivity index (χ1v) is 13.9. The van der Waals surface area contributed by atoms with Crippen LogP contribution in [0.25, 0.3) is 10.6 Å². The van der Waals surface area contributed by atoms with Crippen molar-refractivity contribution in [2.45, 2.75) is 36.4 Å². The molecule has 0 aliphatic carbocycles. The normalized spacial score (nSPS) is 20.3. The largest absolute Gasteiger partial charge is 0.490 e. The quantitative estimate of drug-likeness (QED) is 0.295. The lowest BCUT2D eigenvalue weighted by Crippen LogP contribution is -2.47. The number of aromatic nitrogens is 2. The molecule has 3 N–H and O–H groups in total. The van der Waals surface area contributed by atoms with E-state index in [0.29, 0.717) is 0 Å². The van der Waals surface area contributed by atoms with Gasteiger partial charge in [-0.2, -0.15) is 39.5 Å². The number of rotatable bonds is 4. The van der Waals surface area contributed by atoms with Crippen molar-refractivity contribution in [3.05, 3.63) is 65.8 Å². The lowest BCUT2D eigenvalue weighted by atomic mass is 9.93. The molecule has 2 atom stereocenters. The number of thiophene rings is 1. The van der Waals surface area contributed by atoms with Crippen molar-refractivity contribution in [2.24, 2.45) is 0 Å². The van der Waals surface area contributed by atoms with Crippen LogP contribution in [0.2, 0.25) is 0 Å². The highest BCUT2D eigenvalue weighted by atomic mass is 32.1. The van der Waals surface area contributed by atoms with Gasteiger partial charge in [-0.15, -0.1) is 11.3 Å². The van der Waals surface area contributed by atoms with Gasteiger partial charge in [0.1, 0.15) is 5.82 Å². The Morgan fingerprint density at radius 1 is 0.760 bits per heavy atom. The number of alkyl halides is 11. The minimum atomic E-state index is -5.08. The number of carbonyl (C=O) groups excluding carboxylic acids is 1. The van der Waals surface area contributed by atoms with Crippen molar-refractivity contribution in [1.29, 1.82) is 0 Å². The van der Waals surface area contributed by atoms with Gasteiger partial charge in [0.05, 0.1) is 22.8 Å². The molecule has 0 radical (unpaired) electrons. The third-order valence-corrected chi connectivity index (χ3v) is 7.13. The second-order valence-corrected chi connectivity index (χ2v) is 10.8. The number of amides is 1.